The van der Waals surface area contributed by atoms with Crippen LogP contribution in [0.4, 0.5) is 8.78 Å². The van der Waals surface area contributed by atoms with Crippen LogP contribution in [0.15, 0.2) is 0 Å². The van der Waals surface area contributed by atoms with E-state index in [2.05, 4.69) is 10.2 Å². The summed E-state index contributed by atoms with van der Waals surface area (Å²) in [6.07, 6.45) is -0.0369. The first-order chi connectivity index (χ1) is 7.50. The van der Waals surface area contributed by atoms with E-state index in [1.807, 2.05) is 13.8 Å². The molecular weight excluding hydrogens is 214 g/mol. The molecule has 0 saturated carbocycles. The van der Waals surface area contributed by atoms with Crippen molar-refractivity contribution in [2.24, 2.45) is 0 Å². The van der Waals surface area contributed by atoms with E-state index in [4.69, 9.17) is 4.74 Å². The third-order valence-corrected chi connectivity index (χ3v) is 3.51. The topological polar surface area (TPSA) is 24.5 Å². The highest BCUT2D eigenvalue weighted by Crippen LogP contribution is 2.29. The molecule has 3 nitrogen and oxygen atoms in total. The number of nitrogens with one attached hydrogen (secondary N) is 1. The van der Waals surface area contributed by atoms with Crippen LogP contribution in [-0.2, 0) is 4.74 Å². The number of hydrogen-bond acceptors (Lipinski definition) is 3. The highest BCUT2D eigenvalue weighted by atomic mass is 19.3. The maximum atomic E-state index is 13.5. The van der Waals surface area contributed by atoms with Crippen LogP contribution in [0, 0.1) is 0 Å². The molecule has 0 spiro atoms. The second-order valence-electron chi connectivity index (χ2n) is 5.00. The summed E-state index contributed by atoms with van der Waals surface area (Å²) in [6.45, 7) is 6.28. The molecule has 94 valence electrons. The highest BCUT2D eigenvalue weighted by Gasteiger charge is 2.45. The number of hydrogen-bond donors (Lipinski definition) is 1. The number of rotatable bonds is 4. The SMILES string of the molecule is CC(C)N(CC1NCCC1(F)F)C1COC1. The van der Waals surface area contributed by atoms with Gasteiger partial charge in [0.2, 0.25) is 0 Å². The van der Waals surface area contributed by atoms with E-state index in [9.17, 15) is 8.78 Å². The van der Waals surface area contributed by atoms with Crippen molar-refractivity contribution in [3.05, 3.63) is 0 Å². The molecule has 2 aliphatic heterocycles. The molecule has 2 heterocycles. The van der Waals surface area contributed by atoms with Gasteiger partial charge in [-0.2, -0.15) is 0 Å². The van der Waals surface area contributed by atoms with Crippen LogP contribution >= 0.6 is 0 Å². The van der Waals surface area contributed by atoms with Crippen molar-refractivity contribution in [1.29, 1.82) is 0 Å². The molecule has 0 aliphatic carbocycles. The third kappa shape index (κ3) is 2.36. The smallest absolute Gasteiger partial charge is 0.265 e. The van der Waals surface area contributed by atoms with E-state index >= 15 is 0 Å². The Morgan fingerprint density at radius 2 is 2.12 bits per heavy atom. The molecule has 0 radical (unpaired) electrons. The van der Waals surface area contributed by atoms with Gasteiger partial charge in [-0.15, -0.1) is 0 Å². The van der Waals surface area contributed by atoms with Crippen LogP contribution in [0.5, 0.6) is 0 Å². The molecule has 2 fully saturated rings. The van der Waals surface area contributed by atoms with Gasteiger partial charge >= 0.3 is 0 Å². The molecule has 5 heteroatoms. The number of ether oxygens (including phenoxy) is 1. The predicted octanol–water partition coefficient (Wildman–Crippen LogP) is 1.09. The van der Waals surface area contributed by atoms with Crippen molar-refractivity contribution in [1.82, 2.24) is 10.2 Å². The Bertz CT molecular complexity index is 244. The van der Waals surface area contributed by atoms with E-state index in [1.165, 1.54) is 0 Å². The maximum absolute atomic E-state index is 13.5. The van der Waals surface area contributed by atoms with Gasteiger partial charge in [-0.3, -0.25) is 4.90 Å². The molecule has 0 bridgehead atoms. The molecule has 2 saturated heterocycles. The average molecular weight is 234 g/mol. The summed E-state index contributed by atoms with van der Waals surface area (Å²) >= 11 is 0. The minimum Gasteiger partial charge on any atom is -0.378 e. The van der Waals surface area contributed by atoms with Gasteiger partial charge in [-0.05, 0) is 13.8 Å². The predicted molar refractivity (Wildman–Crippen MR) is 57.8 cm³/mol. The zero-order valence-electron chi connectivity index (χ0n) is 9.88. The first-order valence-corrected chi connectivity index (χ1v) is 5.95. The maximum Gasteiger partial charge on any atom is 0.265 e. The van der Waals surface area contributed by atoms with Crippen molar-refractivity contribution in [2.75, 3.05) is 26.3 Å². The summed E-state index contributed by atoms with van der Waals surface area (Å²) in [5, 5.41) is 2.90. The van der Waals surface area contributed by atoms with Crippen LogP contribution in [0.1, 0.15) is 20.3 Å². The summed E-state index contributed by atoms with van der Waals surface area (Å²) in [6, 6.07) is -0.0965. The van der Waals surface area contributed by atoms with E-state index < -0.39 is 12.0 Å². The minimum absolute atomic E-state index is 0.0369. The van der Waals surface area contributed by atoms with Crippen LogP contribution in [0.2, 0.25) is 0 Å². The lowest BCUT2D eigenvalue weighted by molar-refractivity contribution is -0.0915. The molecule has 1 atom stereocenters. The molecular formula is C11H20F2N2O. The van der Waals surface area contributed by atoms with Crippen LogP contribution in [0.25, 0.3) is 0 Å². The van der Waals surface area contributed by atoms with Crippen LogP contribution in [0.3, 0.4) is 0 Å². The molecule has 1 unspecified atom stereocenters. The Balaban J connectivity index is 1.94. The summed E-state index contributed by atoms with van der Waals surface area (Å²) in [7, 11) is 0. The van der Waals surface area contributed by atoms with Crippen LogP contribution < -0.4 is 5.32 Å². The Morgan fingerprint density at radius 3 is 2.50 bits per heavy atom. The summed E-state index contributed by atoms with van der Waals surface area (Å²) in [5.41, 5.74) is 0. The molecule has 2 rings (SSSR count). The Kier molecular flexibility index (Phi) is 3.47. The Morgan fingerprint density at radius 1 is 1.44 bits per heavy atom. The fourth-order valence-corrected chi connectivity index (χ4v) is 2.34. The first-order valence-electron chi connectivity index (χ1n) is 5.95. The lowest BCUT2D eigenvalue weighted by atomic mass is 10.1. The molecule has 2 aliphatic rings. The molecule has 0 aromatic rings. The second-order valence-corrected chi connectivity index (χ2v) is 5.00. The lowest BCUT2D eigenvalue weighted by Crippen LogP contribution is -2.57. The van der Waals surface area contributed by atoms with Gasteiger partial charge in [0, 0.05) is 25.6 Å². The van der Waals surface area contributed by atoms with Crippen molar-refractivity contribution in [3.63, 3.8) is 0 Å². The molecule has 0 aromatic heterocycles. The minimum atomic E-state index is -2.56. The summed E-state index contributed by atoms with van der Waals surface area (Å²) < 4.78 is 32.1. The van der Waals surface area contributed by atoms with Gasteiger partial charge < -0.3 is 10.1 Å². The van der Waals surface area contributed by atoms with Crippen molar-refractivity contribution in [3.8, 4) is 0 Å². The zero-order chi connectivity index (χ0) is 11.8. The van der Waals surface area contributed by atoms with E-state index in [0.29, 0.717) is 32.3 Å². The fraction of sp³-hybridized carbons (Fsp3) is 1.00. The third-order valence-electron chi connectivity index (χ3n) is 3.51. The quantitative estimate of drug-likeness (QED) is 0.788. The van der Waals surface area contributed by atoms with E-state index in [0.717, 1.165) is 0 Å². The van der Waals surface area contributed by atoms with Gasteiger partial charge in [0.25, 0.3) is 5.92 Å². The number of halogens is 2. The van der Waals surface area contributed by atoms with E-state index in [1.54, 1.807) is 0 Å². The summed E-state index contributed by atoms with van der Waals surface area (Å²) in [5.74, 6) is -2.56. The fourth-order valence-electron chi connectivity index (χ4n) is 2.34. The van der Waals surface area contributed by atoms with Crippen LogP contribution in [-0.4, -0.2) is 55.3 Å². The van der Waals surface area contributed by atoms with Gasteiger partial charge in [-0.1, -0.05) is 0 Å². The number of nitrogens with zero attached hydrogens (tertiary/aromatic N) is 1. The summed E-state index contributed by atoms with van der Waals surface area (Å²) in [4.78, 5) is 2.13. The van der Waals surface area contributed by atoms with Crippen molar-refractivity contribution < 1.29 is 13.5 Å². The average Bonchev–Trinajstić information content (AvgIpc) is 2.41. The normalized spacial score (nSPS) is 30.0. The highest BCUT2D eigenvalue weighted by molar-refractivity contribution is 4.94. The molecule has 0 amide bonds. The zero-order valence-corrected chi connectivity index (χ0v) is 9.88. The first kappa shape index (κ1) is 12.2. The van der Waals surface area contributed by atoms with Gasteiger partial charge in [-0.25, -0.2) is 8.78 Å². The number of alkyl halides is 2. The van der Waals surface area contributed by atoms with E-state index in [-0.39, 0.29) is 12.5 Å². The second kappa shape index (κ2) is 4.55. The van der Waals surface area contributed by atoms with Gasteiger partial charge in [0.05, 0.1) is 25.3 Å². The monoisotopic (exact) mass is 234 g/mol. The Hall–Kier alpha value is -0.260. The Labute approximate surface area is 95.1 Å². The largest absolute Gasteiger partial charge is 0.378 e. The van der Waals surface area contributed by atoms with Gasteiger partial charge in [0.1, 0.15) is 0 Å². The van der Waals surface area contributed by atoms with Crippen molar-refractivity contribution in [2.45, 2.75) is 44.3 Å². The molecule has 16 heavy (non-hydrogen) atoms. The molecule has 0 aromatic carbocycles. The van der Waals surface area contributed by atoms with Crippen molar-refractivity contribution >= 4 is 0 Å². The standard InChI is InChI=1S/C11H20F2N2O/c1-8(2)15(9-6-16-7-9)5-10-11(12,13)3-4-14-10/h8-10,14H,3-7H2,1-2H3. The lowest BCUT2D eigenvalue weighted by Gasteiger charge is -2.41. The van der Waals surface area contributed by atoms with Gasteiger partial charge in [0.15, 0.2) is 0 Å². The molecule has 1 N–H and O–H groups in total.